The van der Waals surface area contributed by atoms with Gasteiger partial charge in [-0.2, -0.15) is 0 Å². The van der Waals surface area contributed by atoms with Crippen LogP contribution in [0.3, 0.4) is 0 Å². The zero-order chi connectivity index (χ0) is 7.78. The van der Waals surface area contributed by atoms with Crippen LogP contribution >= 0.6 is 0 Å². The van der Waals surface area contributed by atoms with Gasteiger partial charge in [-0.15, -0.1) is 0 Å². The molecule has 0 bridgehead atoms. The van der Waals surface area contributed by atoms with Crippen LogP contribution in [-0.2, 0) is 29.3 Å². The lowest BCUT2D eigenvalue weighted by atomic mass is 11.1. The van der Waals surface area contributed by atoms with E-state index in [0.29, 0.717) is 0 Å². The minimum Gasteiger partial charge on any atom is -0.267 e. The molecule has 0 aromatic heterocycles. The van der Waals surface area contributed by atoms with Gasteiger partial charge in [-0.25, -0.2) is 29.3 Å². The van der Waals surface area contributed by atoms with Gasteiger partial charge >= 0.3 is 0 Å². The van der Waals surface area contributed by atoms with E-state index in [-0.39, 0.29) is 27.0 Å². The molecule has 0 aromatic rings. The molecule has 1 heterocycles. The van der Waals surface area contributed by atoms with Crippen molar-refractivity contribution in [3.8, 4) is 0 Å². The van der Waals surface area contributed by atoms with Crippen LogP contribution in [0.4, 0.5) is 0 Å². The molecule has 1 saturated heterocycles. The minimum atomic E-state index is -0.120. The molecule has 0 aromatic carbocycles. The summed E-state index contributed by atoms with van der Waals surface area (Å²) in [6.07, 6.45) is 0. The van der Waals surface area contributed by atoms with E-state index in [1.54, 1.807) is 0 Å². The highest BCUT2D eigenvalue weighted by atomic mass is 17.3. The van der Waals surface area contributed by atoms with Gasteiger partial charge in [-0.05, 0) is 0 Å². The molecule has 1 aliphatic rings. The molecule has 7 heteroatoms. The molecule has 66 valence electrons. The first kappa shape index (κ1) is 8.81. The quantitative estimate of drug-likeness (QED) is 0.477. The highest BCUT2D eigenvalue weighted by molar-refractivity contribution is 4.16. The average Bonchev–Trinajstić information content (AvgIpc) is 2.08. The molecule has 7 nitrogen and oxygen atoms in total. The number of hydrogen-bond acceptors (Lipinski definition) is 7. The SMILES string of the molecule is C1NCOOCOOCOO1. The highest BCUT2D eigenvalue weighted by Crippen LogP contribution is 1.86. The summed E-state index contributed by atoms with van der Waals surface area (Å²) in [5.41, 5.74) is 0. The van der Waals surface area contributed by atoms with Crippen molar-refractivity contribution in [1.82, 2.24) is 5.32 Å². The minimum absolute atomic E-state index is 0.120. The molecule has 1 fully saturated rings. The summed E-state index contributed by atoms with van der Waals surface area (Å²) in [5, 5.41) is 2.68. The second-order valence-electron chi connectivity index (χ2n) is 1.48. The summed E-state index contributed by atoms with van der Waals surface area (Å²) in [5.74, 6) is 0. The molecule has 0 saturated carbocycles. The standard InChI is InChI=1S/C4H9NO6/c1-5-2-7-9-4-11-10-3-8-6-1/h5H,1-4H2. The summed E-state index contributed by atoms with van der Waals surface area (Å²) in [7, 11) is 0. The lowest BCUT2D eigenvalue weighted by Gasteiger charge is -2.01. The third-order valence-corrected chi connectivity index (χ3v) is 0.764. The van der Waals surface area contributed by atoms with Crippen LogP contribution in [0, 0.1) is 0 Å². The third kappa shape index (κ3) is 5.04. The normalized spacial score (nSPS) is 24.0. The molecule has 11 heavy (non-hydrogen) atoms. The lowest BCUT2D eigenvalue weighted by Crippen LogP contribution is -2.21. The average molecular weight is 167 g/mol. The van der Waals surface area contributed by atoms with Gasteiger partial charge in [0.2, 0.25) is 13.6 Å². The second-order valence-corrected chi connectivity index (χ2v) is 1.48. The Morgan fingerprint density at radius 3 is 1.64 bits per heavy atom. The predicted molar refractivity (Wildman–Crippen MR) is 29.1 cm³/mol. The van der Waals surface area contributed by atoms with Crippen molar-refractivity contribution in [2.75, 3.05) is 27.0 Å². The third-order valence-electron chi connectivity index (χ3n) is 0.764. The van der Waals surface area contributed by atoms with E-state index in [0.717, 1.165) is 0 Å². The second kappa shape index (κ2) is 6.43. The van der Waals surface area contributed by atoms with Crippen LogP contribution in [0.1, 0.15) is 0 Å². The summed E-state index contributed by atoms with van der Waals surface area (Å²) < 4.78 is 0. The Bertz CT molecular complexity index is 52.6. The van der Waals surface area contributed by atoms with Crippen molar-refractivity contribution < 1.29 is 29.3 Å². The Morgan fingerprint density at radius 1 is 0.636 bits per heavy atom. The maximum atomic E-state index is 4.51. The zero-order valence-electron chi connectivity index (χ0n) is 5.78. The summed E-state index contributed by atoms with van der Waals surface area (Å²) in [4.78, 5) is 26.7. The van der Waals surface area contributed by atoms with E-state index in [9.17, 15) is 0 Å². The van der Waals surface area contributed by atoms with Crippen molar-refractivity contribution in [2.45, 2.75) is 0 Å². The Balaban J connectivity index is 2.02. The van der Waals surface area contributed by atoms with Crippen LogP contribution < -0.4 is 5.32 Å². The Labute approximate surface area is 62.8 Å². The van der Waals surface area contributed by atoms with Crippen LogP contribution in [0.15, 0.2) is 0 Å². The van der Waals surface area contributed by atoms with Crippen molar-refractivity contribution >= 4 is 0 Å². The van der Waals surface area contributed by atoms with Gasteiger partial charge in [0.25, 0.3) is 0 Å². The van der Waals surface area contributed by atoms with E-state index < -0.39 is 0 Å². The first-order chi connectivity index (χ1) is 5.50. The van der Waals surface area contributed by atoms with Gasteiger partial charge < -0.3 is 0 Å². The maximum absolute atomic E-state index is 4.51. The molecule has 1 rings (SSSR count). The van der Waals surface area contributed by atoms with Crippen LogP contribution in [0.2, 0.25) is 0 Å². The van der Waals surface area contributed by atoms with Crippen molar-refractivity contribution in [1.29, 1.82) is 0 Å². The van der Waals surface area contributed by atoms with E-state index >= 15 is 0 Å². The van der Waals surface area contributed by atoms with Crippen molar-refractivity contribution in [3.05, 3.63) is 0 Å². The van der Waals surface area contributed by atoms with Gasteiger partial charge in [-0.1, -0.05) is 0 Å². The Kier molecular flexibility index (Phi) is 5.15. The van der Waals surface area contributed by atoms with E-state index in [2.05, 4.69) is 34.6 Å². The number of nitrogens with one attached hydrogen (secondary N) is 1. The molecule has 1 N–H and O–H groups in total. The molecular weight excluding hydrogens is 158 g/mol. The molecule has 0 radical (unpaired) electrons. The summed E-state index contributed by atoms with van der Waals surface area (Å²) in [6, 6.07) is 0. The smallest absolute Gasteiger partial charge is 0.214 e. The van der Waals surface area contributed by atoms with Gasteiger partial charge in [0.05, 0.1) is 0 Å². The van der Waals surface area contributed by atoms with Gasteiger partial charge in [0.1, 0.15) is 13.5 Å². The first-order valence-corrected chi connectivity index (χ1v) is 2.94. The Morgan fingerprint density at radius 2 is 1.09 bits per heavy atom. The highest BCUT2D eigenvalue weighted by Gasteiger charge is 1.95. The molecule has 0 unspecified atom stereocenters. The Hall–Kier alpha value is -0.280. The fourth-order valence-electron chi connectivity index (χ4n) is 0.384. The molecule has 0 spiro atoms. The van der Waals surface area contributed by atoms with Crippen molar-refractivity contribution in [3.63, 3.8) is 0 Å². The first-order valence-electron chi connectivity index (χ1n) is 2.94. The summed E-state index contributed by atoms with van der Waals surface area (Å²) in [6.45, 7) is 0.134. The van der Waals surface area contributed by atoms with E-state index in [1.807, 2.05) is 0 Å². The topological polar surface area (TPSA) is 67.4 Å². The van der Waals surface area contributed by atoms with E-state index in [4.69, 9.17) is 0 Å². The molecule has 0 amide bonds. The molecule has 1 aliphatic heterocycles. The summed E-state index contributed by atoms with van der Waals surface area (Å²) >= 11 is 0. The van der Waals surface area contributed by atoms with Crippen molar-refractivity contribution in [2.24, 2.45) is 0 Å². The van der Waals surface area contributed by atoms with Crippen LogP contribution in [-0.4, -0.2) is 27.0 Å². The predicted octanol–water partition coefficient (Wildman–Crippen LogP) is -0.736. The number of hydrogen-bond donors (Lipinski definition) is 1. The number of rotatable bonds is 0. The van der Waals surface area contributed by atoms with Crippen LogP contribution in [0.5, 0.6) is 0 Å². The fourth-order valence-corrected chi connectivity index (χ4v) is 0.384. The molecule has 0 aliphatic carbocycles. The van der Waals surface area contributed by atoms with Crippen LogP contribution in [0.25, 0.3) is 0 Å². The maximum Gasteiger partial charge on any atom is 0.214 e. The zero-order valence-corrected chi connectivity index (χ0v) is 5.78. The largest absolute Gasteiger partial charge is 0.267 e. The monoisotopic (exact) mass is 167 g/mol. The lowest BCUT2D eigenvalue weighted by molar-refractivity contribution is -0.457. The van der Waals surface area contributed by atoms with E-state index in [1.165, 1.54) is 0 Å². The van der Waals surface area contributed by atoms with Gasteiger partial charge in [0, 0.05) is 0 Å². The molecular formula is C4H9NO6. The molecule has 0 atom stereocenters. The van der Waals surface area contributed by atoms with Gasteiger partial charge in [0.15, 0.2) is 0 Å². The fraction of sp³-hybridized carbons (Fsp3) is 1.00. The van der Waals surface area contributed by atoms with Gasteiger partial charge in [-0.3, -0.25) is 5.32 Å².